The zero-order valence-electron chi connectivity index (χ0n) is 6.86. The monoisotopic (exact) mass is 180 g/mol. The lowest BCUT2D eigenvalue weighted by Gasteiger charge is -2.14. The molecule has 0 amide bonds. The summed E-state index contributed by atoms with van der Waals surface area (Å²) in [5.41, 5.74) is 1.65. The molecule has 5 nitrogen and oxygen atoms in total. The van der Waals surface area contributed by atoms with Gasteiger partial charge in [0.15, 0.2) is 5.69 Å². The Hall–Kier alpha value is -1.49. The highest BCUT2D eigenvalue weighted by molar-refractivity contribution is 5.85. The molecule has 1 aromatic heterocycles. The van der Waals surface area contributed by atoms with Gasteiger partial charge in [-0.25, -0.2) is 4.79 Å². The average molecular weight is 180 g/mol. The van der Waals surface area contributed by atoms with Gasteiger partial charge in [-0.15, -0.1) is 5.10 Å². The Morgan fingerprint density at radius 1 is 1.54 bits per heavy atom. The number of ether oxygens (including phenoxy) is 1. The third-order valence-corrected chi connectivity index (χ3v) is 1.92. The van der Waals surface area contributed by atoms with Crippen LogP contribution in [-0.4, -0.2) is 27.9 Å². The zero-order chi connectivity index (χ0) is 9.26. The van der Waals surface area contributed by atoms with Gasteiger partial charge in [-0.1, -0.05) is 0 Å². The minimum absolute atomic E-state index is 0.0238. The molecule has 0 bridgehead atoms. The molecule has 0 aromatic carbocycles. The first kappa shape index (κ1) is 8.12. The molecular weight excluding hydrogens is 172 g/mol. The molecule has 5 heteroatoms. The number of carboxylic acids is 1. The van der Waals surface area contributed by atoms with E-state index >= 15 is 0 Å². The molecule has 13 heavy (non-hydrogen) atoms. The molecule has 0 aliphatic carbocycles. The van der Waals surface area contributed by atoms with E-state index in [9.17, 15) is 4.79 Å². The van der Waals surface area contributed by atoms with Gasteiger partial charge in [-0.2, -0.15) is 5.10 Å². The molecule has 2 rings (SSSR count). The number of carboxylic acid groups (broad SMARTS) is 1. The summed E-state index contributed by atoms with van der Waals surface area (Å²) in [5.74, 6) is -1.05. The molecule has 0 fully saturated rings. The summed E-state index contributed by atoms with van der Waals surface area (Å²) in [7, 11) is 0. The van der Waals surface area contributed by atoms with E-state index in [0.717, 1.165) is 11.3 Å². The fourth-order valence-electron chi connectivity index (χ4n) is 1.25. The maximum atomic E-state index is 10.5. The zero-order valence-corrected chi connectivity index (χ0v) is 6.86. The van der Waals surface area contributed by atoms with Crippen molar-refractivity contribution in [1.82, 2.24) is 10.2 Å². The first-order valence-corrected chi connectivity index (χ1v) is 3.94. The van der Waals surface area contributed by atoms with Gasteiger partial charge in [0.25, 0.3) is 0 Å². The van der Waals surface area contributed by atoms with Crippen molar-refractivity contribution >= 4 is 5.97 Å². The number of aromatic nitrogens is 2. The smallest absolute Gasteiger partial charge is 0.356 e. The maximum Gasteiger partial charge on any atom is 0.356 e. The van der Waals surface area contributed by atoms with Crippen molar-refractivity contribution in [3.63, 3.8) is 0 Å². The van der Waals surface area contributed by atoms with E-state index in [4.69, 9.17) is 9.84 Å². The van der Waals surface area contributed by atoms with E-state index in [0.29, 0.717) is 19.6 Å². The van der Waals surface area contributed by atoms with Gasteiger partial charge in [0, 0.05) is 12.0 Å². The van der Waals surface area contributed by atoms with Crippen molar-refractivity contribution in [3.05, 3.63) is 23.0 Å². The number of aromatic carboxylic acids is 1. The van der Waals surface area contributed by atoms with E-state index in [1.807, 2.05) is 0 Å². The van der Waals surface area contributed by atoms with E-state index in [-0.39, 0.29) is 5.69 Å². The largest absolute Gasteiger partial charge is 0.476 e. The van der Waals surface area contributed by atoms with E-state index in [1.165, 1.54) is 6.07 Å². The van der Waals surface area contributed by atoms with Crippen LogP contribution < -0.4 is 0 Å². The van der Waals surface area contributed by atoms with Crippen LogP contribution in [0.3, 0.4) is 0 Å². The lowest BCUT2D eigenvalue weighted by atomic mass is 10.1. The standard InChI is InChI=1S/C8H8N2O3/c11-8(12)7-3-5-4-13-2-1-6(5)9-10-7/h3H,1-2,4H2,(H,11,12). The number of nitrogens with zero attached hydrogens (tertiary/aromatic N) is 2. The highest BCUT2D eigenvalue weighted by Gasteiger charge is 2.14. The number of hydrogen-bond donors (Lipinski definition) is 1. The predicted molar refractivity (Wildman–Crippen MR) is 42.4 cm³/mol. The first-order chi connectivity index (χ1) is 6.27. The highest BCUT2D eigenvalue weighted by Crippen LogP contribution is 2.13. The van der Waals surface area contributed by atoms with E-state index in [2.05, 4.69) is 10.2 Å². The molecule has 0 saturated heterocycles. The van der Waals surface area contributed by atoms with Crippen molar-refractivity contribution in [1.29, 1.82) is 0 Å². The summed E-state index contributed by atoms with van der Waals surface area (Å²) in [6.07, 6.45) is 0.711. The summed E-state index contributed by atoms with van der Waals surface area (Å²) in [5, 5.41) is 16.1. The molecule has 0 radical (unpaired) electrons. The molecule has 1 N–H and O–H groups in total. The molecule has 1 aliphatic rings. The second-order valence-electron chi connectivity index (χ2n) is 2.81. The van der Waals surface area contributed by atoms with Crippen molar-refractivity contribution in [3.8, 4) is 0 Å². The van der Waals surface area contributed by atoms with Crippen LogP contribution in [0.15, 0.2) is 6.07 Å². The van der Waals surface area contributed by atoms with Crippen LogP contribution >= 0.6 is 0 Å². The normalized spacial score (nSPS) is 15.1. The van der Waals surface area contributed by atoms with Crippen LogP contribution in [0.2, 0.25) is 0 Å². The van der Waals surface area contributed by atoms with E-state index < -0.39 is 5.97 Å². The minimum atomic E-state index is -1.05. The van der Waals surface area contributed by atoms with Crippen molar-refractivity contribution < 1.29 is 14.6 Å². The van der Waals surface area contributed by atoms with Crippen molar-refractivity contribution in [2.45, 2.75) is 13.0 Å². The number of hydrogen-bond acceptors (Lipinski definition) is 4. The highest BCUT2D eigenvalue weighted by atomic mass is 16.5. The van der Waals surface area contributed by atoms with Crippen LogP contribution in [0.1, 0.15) is 21.7 Å². The number of carbonyl (C=O) groups is 1. The number of rotatable bonds is 1. The Morgan fingerprint density at radius 2 is 2.38 bits per heavy atom. The van der Waals surface area contributed by atoms with Crippen LogP contribution in [0.4, 0.5) is 0 Å². The lowest BCUT2D eigenvalue weighted by molar-refractivity contribution is 0.0687. The van der Waals surface area contributed by atoms with Crippen LogP contribution in [-0.2, 0) is 17.8 Å². The predicted octanol–water partition coefficient (Wildman–Crippen LogP) is 0.248. The Balaban J connectivity index is 2.40. The summed E-state index contributed by atoms with van der Waals surface area (Å²) >= 11 is 0. The first-order valence-electron chi connectivity index (χ1n) is 3.94. The number of fused-ring (bicyclic) bond motifs is 1. The molecule has 1 aliphatic heterocycles. The molecule has 68 valence electrons. The Labute approximate surface area is 74.4 Å². The topological polar surface area (TPSA) is 72.3 Å². The average Bonchev–Trinajstić information content (AvgIpc) is 2.17. The second kappa shape index (κ2) is 3.10. The Kier molecular flexibility index (Phi) is 1.94. The fraction of sp³-hybridized carbons (Fsp3) is 0.375. The van der Waals surface area contributed by atoms with Gasteiger partial charge in [0.1, 0.15) is 0 Å². The van der Waals surface area contributed by atoms with Crippen LogP contribution in [0.25, 0.3) is 0 Å². The Bertz CT molecular complexity index is 351. The fourth-order valence-corrected chi connectivity index (χ4v) is 1.25. The summed E-state index contributed by atoms with van der Waals surface area (Å²) in [6.45, 7) is 1.07. The van der Waals surface area contributed by atoms with Gasteiger partial charge in [0.05, 0.1) is 18.9 Å². The molecule has 1 aromatic rings. The molecule has 0 unspecified atom stereocenters. The lowest BCUT2D eigenvalue weighted by Crippen LogP contribution is -2.15. The van der Waals surface area contributed by atoms with E-state index in [1.54, 1.807) is 0 Å². The van der Waals surface area contributed by atoms with Crippen LogP contribution in [0, 0.1) is 0 Å². The van der Waals surface area contributed by atoms with Gasteiger partial charge in [-0.3, -0.25) is 0 Å². The van der Waals surface area contributed by atoms with Crippen molar-refractivity contribution in [2.24, 2.45) is 0 Å². The second-order valence-corrected chi connectivity index (χ2v) is 2.81. The molecule has 0 atom stereocenters. The summed E-state index contributed by atoms with van der Waals surface area (Å²) < 4.78 is 5.17. The maximum absolute atomic E-state index is 10.5. The quantitative estimate of drug-likeness (QED) is 0.670. The summed E-state index contributed by atoms with van der Waals surface area (Å²) in [4.78, 5) is 10.5. The SMILES string of the molecule is O=C(O)c1cc2c(nn1)CCOC2. The van der Waals surface area contributed by atoms with Gasteiger partial charge in [-0.05, 0) is 6.07 Å². The van der Waals surface area contributed by atoms with Gasteiger partial charge in [0.2, 0.25) is 0 Å². The molecule has 2 heterocycles. The van der Waals surface area contributed by atoms with Crippen molar-refractivity contribution in [2.75, 3.05) is 6.61 Å². The molecule has 0 saturated carbocycles. The third-order valence-electron chi connectivity index (χ3n) is 1.92. The molecular formula is C8H8N2O3. The van der Waals surface area contributed by atoms with Gasteiger partial charge < -0.3 is 9.84 Å². The Morgan fingerprint density at radius 3 is 3.15 bits per heavy atom. The van der Waals surface area contributed by atoms with Crippen LogP contribution in [0.5, 0.6) is 0 Å². The van der Waals surface area contributed by atoms with Gasteiger partial charge >= 0.3 is 5.97 Å². The third kappa shape index (κ3) is 1.50. The minimum Gasteiger partial charge on any atom is -0.476 e. The summed E-state index contributed by atoms with van der Waals surface area (Å²) in [6, 6.07) is 1.52. The molecule has 0 spiro atoms.